The highest BCUT2D eigenvalue weighted by atomic mass is 16.4. The molecule has 4 heteroatoms. The highest BCUT2D eigenvalue weighted by Crippen LogP contribution is 2.14. The molecular formula is C13H13NO3. The molecule has 0 aliphatic rings. The molecule has 0 aliphatic heterocycles. The summed E-state index contributed by atoms with van der Waals surface area (Å²) in [7, 11) is 0. The molecule has 1 atom stereocenters. The van der Waals surface area contributed by atoms with Crippen molar-refractivity contribution >= 4 is 12.3 Å². The number of aldehydes is 1. The first kappa shape index (κ1) is 12.9. The van der Waals surface area contributed by atoms with Crippen LogP contribution in [0.4, 0.5) is 0 Å². The number of carbonyl (C=O) groups is 2. The van der Waals surface area contributed by atoms with E-state index in [0.29, 0.717) is 17.5 Å². The number of benzene rings is 1. The molecule has 0 radical (unpaired) electrons. The molecule has 1 aromatic rings. The smallest absolute Gasteiger partial charge is 0.307 e. The van der Waals surface area contributed by atoms with E-state index in [0.717, 1.165) is 11.8 Å². The van der Waals surface area contributed by atoms with E-state index in [9.17, 15) is 9.59 Å². The summed E-state index contributed by atoms with van der Waals surface area (Å²) in [5.74, 6) is -1.07. The van der Waals surface area contributed by atoms with E-state index in [1.54, 1.807) is 25.1 Å². The molecule has 1 rings (SSSR count). The van der Waals surface area contributed by atoms with Crippen LogP contribution >= 0.6 is 0 Å². The zero-order valence-corrected chi connectivity index (χ0v) is 9.51. The van der Waals surface area contributed by atoms with Crippen molar-refractivity contribution in [2.75, 3.05) is 0 Å². The highest BCUT2D eigenvalue weighted by Gasteiger charge is 2.09. The van der Waals surface area contributed by atoms with Crippen molar-refractivity contribution in [3.05, 3.63) is 34.9 Å². The lowest BCUT2D eigenvalue weighted by Crippen LogP contribution is -2.05. The third-order valence-corrected chi connectivity index (χ3v) is 2.43. The molecule has 0 spiro atoms. The molecule has 17 heavy (non-hydrogen) atoms. The largest absolute Gasteiger partial charge is 0.481 e. The third-order valence-electron chi connectivity index (χ3n) is 2.43. The monoisotopic (exact) mass is 231 g/mol. The lowest BCUT2D eigenvalue weighted by Gasteiger charge is -2.07. The average Bonchev–Trinajstić information content (AvgIpc) is 2.30. The van der Waals surface area contributed by atoms with E-state index in [1.165, 1.54) is 0 Å². The van der Waals surface area contributed by atoms with Crippen molar-refractivity contribution in [1.82, 2.24) is 0 Å². The van der Waals surface area contributed by atoms with Crippen LogP contribution in [-0.2, 0) is 22.4 Å². The van der Waals surface area contributed by atoms with E-state index >= 15 is 0 Å². The minimum atomic E-state index is -0.962. The SMILES string of the molecule is CC(C=O)Cc1ccc(CC(=O)O)c(C#N)c1. The Kier molecular flexibility index (Phi) is 4.41. The van der Waals surface area contributed by atoms with Gasteiger partial charge in [0.15, 0.2) is 0 Å². The van der Waals surface area contributed by atoms with E-state index < -0.39 is 5.97 Å². The van der Waals surface area contributed by atoms with Gasteiger partial charge in [-0.15, -0.1) is 0 Å². The number of nitrogens with zero attached hydrogens (tertiary/aromatic N) is 1. The van der Waals surface area contributed by atoms with E-state index in [1.807, 2.05) is 6.07 Å². The van der Waals surface area contributed by atoms with Gasteiger partial charge in [0.1, 0.15) is 6.29 Å². The topological polar surface area (TPSA) is 78.2 Å². The van der Waals surface area contributed by atoms with Gasteiger partial charge in [0.05, 0.1) is 18.1 Å². The standard InChI is InChI=1S/C13H13NO3/c1-9(8-15)4-10-2-3-11(6-13(16)17)12(5-10)7-14/h2-3,5,8-9H,4,6H2,1H3,(H,16,17). The van der Waals surface area contributed by atoms with Crippen LogP contribution < -0.4 is 0 Å². The number of carbonyl (C=O) groups excluding carboxylic acids is 1. The number of aliphatic carboxylic acids is 1. The summed E-state index contributed by atoms with van der Waals surface area (Å²) in [5, 5.41) is 17.6. The maximum absolute atomic E-state index is 10.6. The number of rotatable bonds is 5. The van der Waals surface area contributed by atoms with Gasteiger partial charge < -0.3 is 9.90 Å². The van der Waals surface area contributed by atoms with Crippen molar-refractivity contribution in [1.29, 1.82) is 5.26 Å². The number of carboxylic acids is 1. The summed E-state index contributed by atoms with van der Waals surface area (Å²) in [6, 6.07) is 7.03. The predicted molar refractivity (Wildman–Crippen MR) is 61.4 cm³/mol. The quantitative estimate of drug-likeness (QED) is 0.780. The van der Waals surface area contributed by atoms with Gasteiger partial charge in [-0.3, -0.25) is 4.79 Å². The van der Waals surface area contributed by atoms with Crippen molar-refractivity contribution < 1.29 is 14.7 Å². The Hall–Kier alpha value is -2.15. The third kappa shape index (κ3) is 3.72. The van der Waals surface area contributed by atoms with Gasteiger partial charge in [0.25, 0.3) is 0 Å². The first-order valence-corrected chi connectivity index (χ1v) is 5.25. The average molecular weight is 231 g/mol. The zero-order valence-electron chi connectivity index (χ0n) is 9.51. The molecule has 4 nitrogen and oxygen atoms in total. The van der Waals surface area contributed by atoms with Crippen molar-refractivity contribution in [3.63, 3.8) is 0 Å². The summed E-state index contributed by atoms with van der Waals surface area (Å²) in [4.78, 5) is 21.1. The van der Waals surface area contributed by atoms with Crippen molar-refractivity contribution in [2.24, 2.45) is 5.92 Å². The van der Waals surface area contributed by atoms with Gasteiger partial charge in [-0.1, -0.05) is 19.1 Å². The zero-order chi connectivity index (χ0) is 12.8. The summed E-state index contributed by atoms with van der Waals surface area (Å²) in [5.41, 5.74) is 1.74. The van der Waals surface area contributed by atoms with Crippen LogP contribution in [0.3, 0.4) is 0 Å². The minimum absolute atomic E-state index is 0.105. The van der Waals surface area contributed by atoms with Crippen LogP contribution in [-0.4, -0.2) is 17.4 Å². The summed E-state index contributed by atoms with van der Waals surface area (Å²) >= 11 is 0. The lowest BCUT2D eigenvalue weighted by molar-refractivity contribution is -0.136. The molecule has 0 amide bonds. The Bertz CT molecular complexity index is 474. The molecule has 88 valence electrons. The maximum Gasteiger partial charge on any atom is 0.307 e. The molecule has 0 bridgehead atoms. The second kappa shape index (κ2) is 5.80. The molecule has 1 N–H and O–H groups in total. The number of hydrogen-bond donors (Lipinski definition) is 1. The van der Waals surface area contributed by atoms with Crippen LogP contribution in [0.5, 0.6) is 0 Å². The Morgan fingerprint density at radius 2 is 2.29 bits per heavy atom. The number of hydrogen-bond acceptors (Lipinski definition) is 3. The first-order valence-electron chi connectivity index (χ1n) is 5.25. The van der Waals surface area contributed by atoms with Crippen LogP contribution in [0.2, 0.25) is 0 Å². The first-order chi connectivity index (χ1) is 8.06. The summed E-state index contributed by atoms with van der Waals surface area (Å²) in [6.07, 6.45) is 1.26. The van der Waals surface area contributed by atoms with Crippen LogP contribution in [0.1, 0.15) is 23.6 Å². The normalized spacial score (nSPS) is 11.5. The second-order valence-corrected chi connectivity index (χ2v) is 3.99. The van der Waals surface area contributed by atoms with E-state index in [2.05, 4.69) is 0 Å². The summed E-state index contributed by atoms with van der Waals surface area (Å²) in [6.45, 7) is 1.80. The van der Waals surface area contributed by atoms with Gasteiger partial charge >= 0.3 is 5.97 Å². The molecule has 0 heterocycles. The van der Waals surface area contributed by atoms with Gasteiger partial charge in [0.2, 0.25) is 0 Å². The highest BCUT2D eigenvalue weighted by molar-refractivity contribution is 5.71. The van der Waals surface area contributed by atoms with Gasteiger partial charge in [-0.05, 0) is 23.6 Å². The molecule has 0 saturated heterocycles. The van der Waals surface area contributed by atoms with E-state index in [-0.39, 0.29) is 12.3 Å². The lowest BCUT2D eigenvalue weighted by atomic mass is 9.97. The van der Waals surface area contributed by atoms with Gasteiger partial charge in [-0.2, -0.15) is 5.26 Å². The Labute approximate surface area is 99.5 Å². The molecule has 0 aromatic heterocycles. The number of nitriles is 1. The fourth-order valence-electron chi connectivity index (χ4n) is 1.59. The fourth-order valence-corrected chi connectivity index (χ4v) is 1.59. The minimum Gasteiger partial charge on any atom is -0.481 e. The molecule has 0 fully saturated rings. The molecule has 1 unspecified atom stereocenters. The molecule has 0 aliphatic carbocycles. The van der Waals surface area contributed by atoms with Crippen molar-refractivity contribution in [2.45, 2.75) is 19.8 Å². The number of carboxylic acid groups (broad SMARTS) is 1. The Morgan fingerprint density at radius 1 is 1.59 bits per heavy atom. The van der Waals surface area contributed by atoms with Gasteiger partial charge in [0, 0.05) is 5.92 Å². The molecule has 1 aromatic carbocycles. The molecule has 0 saturated carbocycles. The van der Waals surface area contributed by atoms with Crippen LogP contribution in [0.25, 0.3) is 0 Å². The van der Waals surface area contributed by atoms with Crippen LogP contribution in [0, 0.1) is 17.2 Å². The van der Waals surface area contributed by atoms with Crippen molar-refractivity contribution in [3.8, 4) is 6.07 Å². The predicted octanol–water partition coefficient (Wildman–Crippen LogP) is 1.56. The molecular weight excluding hydrogens is 218 g/mol. The Morgan fingerprint density at radius 3 is 2.82 bits per heavy atom. The van der Waals surface area contributed by atoms with E-state index in [4.69, 9.17) is 10.4 Å². The second-order valence-electron chi connectivity index (χ2n) is 3.99. The summed E-state index contributed by atoms with van der Waals surface area (Å²) < 4.78 is 0. The fraction of sp³-hybridized carbons (Fsp3) is 0.308. The Balaban J connectivity index is 2.96. The maximum atomic E-state index is 10.6. The van der Waals surface area contributed by atoms with Crippen LogP contribution in [0.15, 0.2) is 18.2 Å². The van der Waals surface area contributed by atoms with Gasteiger partial charge in [-0.25, -0.2) is 0 Å².